The van der Waals surface area contributed by atoms with Crippen LogP contribution in [0.4, 0.5) is 5.69 Å². The first-order chi connectivity index (χ1) is 13.0. The average Bonchev–Trinajstić information content (AvgIpc) is 2.67. The zero-order valence-electron chi connectivity index (χ0n) is 15.4. The summed E-state index contributed by atoms with van der Waals surface area (Å²) in [4.78, 5) is 26.5. The standard InChI is InChI=1S/C21H23BrN2O3/c1-3-14-24(21(26)13-12-16-8-4-5-9-17(16)22)15-20(25)23-18-10-6-7-11-19(18)27-2/h4-13H,3,14-15H2,1-2H3,(H,23,25)/b13-12+. The first-order valence-corrected chi connectivity index (χ1v) is 9.48. The molecule has 2 amide bonds. The number of rotatable bonds is 8. The van der Waals surface area contributed by atoms with E-state index in [4.69, 9.17) is 4.74 Å². The van der Waals surface area contributed by atoms with Crippen LogP contribution in [0.2, 0.25) is 0 Å². The summed E-state index contributed by atoms with van der Waals surface area (Å²) in [5.74, 6) is 0.103. The van der Waals surface area contributed by atoms with Crippen LogP contribution in [-0.2, 0) is 9.59 Å². The highest BCUT2D eigenvalue weighted by atomic mass is 79.9. The molecule has 0 bridgehead atoms. The Hall–Kier alpha value is -2.60. The molecule has 0 radical (unpaired) electrons. The molecule has 0 fully saturated rings. The van der Waals surface area contributed by atoms with Crippen LogP contribution in [0.15, 0.2) is 59.1 Å². The summed E-state index contributed by atoms with van der Waals surface area (Å²) in [6, 6.07) is 14.8. The Balaban J connectivity index is 2.04. The minimum absolute atomic E-state index is 0.0228. The maximum absolute atomic E-state index is 12.5. The highest BCUT2D eigenvalue weighted by molar-refractivity contribution is 9.10. The Labute approximate surface area is 168 Å². The molecule has 0 spiro atoms. The van der Waals surface area contributed by atoms with Gasteiger partial charge in [-0.15, -0.1) is 0 Å². The van der Waals surface area contributed by atoms with Crippen molar-refractivity contribution in [2.45, 2.75) is 13.3 Å². The van der Waals surface area contributed by atoms with Gasteiger partial charge in [0, 0.05) is 17.1 Å². The lowest BCUT2D eigenvalue weighted by molar-refractivity contribution is -0.130. The molecule has 0 saturated carbocycles. The summed E-state index contributed by atoms with van der Waals surface area (Å²) in [5.41, 5.74) is 1.48. The van der Waals surface area contributed by atoms with E-state index in [0.717, 1.165) is 16.5 Å². The van der Waals surface area contributed by atoms with E-state index < -0.39 is 0 Å². The molecule has 1 N–H and O–H groups in total. The zero-order valence-corrected chi connectivity index (χ0v) is 17.0. The van der Waals surface area contributed by atoms with Gasteiger partial charge in [-0.3, -0.25) is 9.59 Å². The molecule has 2 aromatic rings. The predicted octanol–water partition coefficient (Wildman–Crippen LogP) is 4.35. The normalized spacial score (nSPS) is 10.6. The van der Waals surface area contributed by atoms with E-state index in [0.29, 0.717) is 18.0 Å². The average molecular weight is 431 g/mol. The molecule has 0 atom stereocenters. The van der Waals surface area contributed by atoms with Crippen LogP contribution in [0.5, 0.6) is 5.75 Å². The Kier molecular flexibility index (Phi) is 8.07. The summed E-state index contributed by atoms with van der Waals surface area (Å²) in [6.45, 7) is 2.44. The zero-order chi connectivity index (χ0) is 19.6. The molecule has 0 aliphatic carbocycles. The van der Waals surface area contributed by atoms with Gasteiger partial charge in [-0.2, -0.15) is 0 Å². The second-order valence-corrected chi connectivity index (χ2v) is 6.72. The van der Waals surface area contributed by atoms with Crippen LogP contribution in [-0.4, -0.2) is 36.9 Å². The van der Waals surface area contributed by atoms with E-state index >= 15 is 0 Å². The number of nitrogens with zero attached hydrogens (tertiary/aromatic N) is 1. The molecule has 142 valence electrons. The maximum atomic E-state index is 12.5. The fraction of sp³-hybridized carbons (Fsp3) is 0.238. The number of carbonyl (C=O) groups excluding carboxylic acids is 2. The van der Waals surface area contributed by atoms with Crippen molar-refractivity contribution in [2.24, 2.45) is 0 Å². The van der Waals surface area contributed by atoms with Gasteiger partial charge in [0.1, 0.15) is 12.3 Å². The summed E-state index contributed by atoms with van der Waals surface area (Å²) < 4.78 is 6.14. The molecule has 0 unspecified atom stereocenters. The van der Waals surface area contributed by atoms with Crippen molar-refractivity contribution in [2.75, 3.05) is 25.5 Å². The van der Waals surface area contributed by atoms with Crippen molar-refractivity contribution in [1.29, 1.82) is 0 Å². The third-order valence-corrected chi connectivity index (χ3v) is 4.55. The number of ether oxygens (including phenoxy) is 1. The predicted molar refractivity (Wildman–Crippen MR) is 112 cm³/mol. The van der Waals surface area contributed by atoms with E-state index in [-0.39, 0.29) is 18.4 Å². The second kappa shape index (κ2) is 10.5. The number of hydrogen-bond acceptors (Lipinski definition) is 3. The quantitative estimate of drug-likeness (QED) is 0.633. The number of hydrogen-bond donors (Lipinski definition) is 1. The molecular weight excluding hydrogens is 408 g/mol. The molecule has 0 saturated heterocycles. The van der Waals surface area contributed by atoms with Gasteiger partial charge in [-0.05, 0) is 36.3 Å². The number of para-hydroxylation sites is 2. The fourth-order valence-corrected chi connectivity index (χ4v) is 2.94. The van der Waals surface area contributed by atoms with Crippen LogP contribution in [0.25, 0.3) is 6.08 Å². The molecule has 5 nitrogen and oxygen atoms in total. The fourth-order valence-electron chi connectivity index (χ4n) is 2.52. The number of carbonyl (C=O) groups is 2. The number of halogens is 1. The number of benzene rings is 2. The molecule has 0 aliphatic rings. The number of methoxy groups -OCH3 is 1. The summed E-state index contributed by atoms with van der Waals surface area (Å²) in [5, 5.41) is 2.80. The topological polar surface area (TPSA) is 58.6 Å². The van der Waals surface area contributed by atoms with Crippen LogP contribution >= 0.6 is 15.9 Å². The first kappa shape index (κ1) is 20.7. The molecule has 27 heavy (non-hydrogen) atoms. The lowest BCUT2D eigenvalue weighted by atomic mass is 10.2. The largest absolute Gasteiger partial charge is 0.495 e. The summed E-state index contributed by atoms with van der Waals surface area (Å²) in [6.07, 6.45) is 4.00. The highest BCUT2D eigenvalue weighted by Gasteiger charge is 2.15. The van der Waals surface area contributed by atoms with Crippen molar-refractivity contribution in [3.63, 3.8) is 0 Å². The molecule has 2 rings (SSSR count). The molecule has 2 aromatic carbocycles. The number of nitrogens with one attached hydrogen (secondary N) is 1. The van der Waals surface area contributed by atoms with Gasteiger partial charge in [-0.25, -0.2) is 0 Å². The Bertz CT molecular complexity index is 821. The Morgan fingerprint density at radius 2 is 1.85 bits per heavy atom. The van der Waals surface area contributed by atoms with E-state index in [1.807, 2.05) is 43.3 Å². The van der Waals surface area contributed by atoms with Crippen molar-refractivity contribution < 1.29 is 14.3 Å². The van der Waals surface area contributed by atoms with E-state index in [9.17, 15) is 9.59 Å². The number of amides is 2. The molecule has 0 aromatic heterocycles. The lowest BCUT2D eigenvalue weighted by Crippen LogP contribution is -2.37. The smallest absolute Gasteiger partial charge is 0.247 e. The minimum atomic E-state index is -0.268. The van der Waals surface area contributed by atoms with Gasteiger partial charge in [0.15, 0.2) is 0 Å². The van der Waals surface area contributed by atoms with Crippen LogP contribution < -0.4 is 10.1 Å². The lowest BCUT2D eigenvalue weighted by Gasteiger charge is -2.20. The van der Waals surface area contributed by atoms with Crippen LogP contribution in [0.3, 0.4) is 0 Å². The van der Waals surface area contributed by atoms with E-state index in [2.05, 4.69) is 21.2 Å². The third kappa shape index (κ3) is 6.25. The van der Waals surface area contributed by atoms with Crippen molar-refractivity contribution in [3.8, 4) is 5.75 Å². The van der Waals surface area contributed by atoms with E-state index in [1.54, 1.807) is 25.3 Å². The van der Waals surface area contributed by atoms with Gasteiger partial charge in [0.2, 0.25) is 11.8 Å². The first-order valence-electron chi connectivity index (χ1n) is 8.69. The molecule has 6 heteroatoms. The molecule has 0 aliphatic heterocycles. The summed E-state index contributed by atoms with van der Waals surface area (Å²) >= 11 is 3.45. The monoisotopic (exact) mass is 430 g/mol. The highest BCUT2D eigenvalue weighted by Crippen LogP contribution is 2.23. The number of anilines is 1. The van der Waals surface area contributed by atoms with E-state index in [1.165, 1.54) is 11.0 Å². The second-order valence-electron chi connectivity index (χ2n) is 5.86. The van der Waals surface area contributed by atoms with Gasteiger partial charge in [-0.1, -0.05) is 53.2 Å². The Morgan fingerprint density at radius 3 is 2.56 bits per heavy atom. The van der Waals surface area contributed by atoms with Gasteiger partial charge in [0.05, 0.1) is 12.8 Å². The van der Waals surface area contributed by atoms with Gasteiger partial charge < -0.3 is 15.0 Å². The van der Waals surface area contributed by atoms with Crippen LogP contribution in [0, 0.1) is 0 Å². The third-order valence-electron chi connectivity index (χ3n) is 3.83. The maximum Gasteiger partial charge on any atom is 0.247 e. The minimum Gasteiger partial charge on any atom is -0.495 e. The van der Waals surface area contributed by atoms with Gasteiger partial charge in [0.25, 0.3) is 0 Å². The Morgan fingerprint density at radius 1 is 1.15 bits per heavy atom. The SMILES string of the molecule is CCCN(CC(=O)Nc1ccccc1OC)C(=O)/C=C/c1ccccc1Br. The van der Waals surface area contributed by atoms with Crippen molar-refractivity contribution in [1.82, 2.24) is 4.90 Å². The molecular formula is C21H23BrN2O3. The van der Waals surface area contributed by atoms with Gasteiger partial charge >= 0.3 is 0 Å². The van der Waals surface area contributed by atoms with Crippen LogP contribution in [0.1, 0.15) is 18.9 Å². The molecule has 0 heterocycles. The van der Waals surface area contributed by atoms with Crippen molar-refractivity contribution in [3.05, 3.63) is 64.6 Å². The van der Waals surface area contributed by atoms with Crippen molar-refractivity contribution >= 4 is 39.5 Å². The summed E-state index contributed by atoms with van der Waals surface area (Å²) in [7, 11) is 1.55.